The highest BCUT2D eigenvalue weighted by Gasteiger charge is 2.22. The van der Waals surface area contributed by atoms with E-state index in [4.69, 9.17) is 4.42 Å². The summed E-state index contributed by atoms with van der Waals surface area (Å²) in [5, 5.41) is 15.6. The van der Waals surface area contributed by atoms with Gasteiger partial charge >= 0.3 is 0 Å². The molecule has 4 nitrogen and oxygen atoms in total. The number of aryl methyl sites for hydroxylation is 1. The first kappa shape index (κ1) is 52.5. The maximum Gasteiger partial charge on any atom is 0.159 e. The van der Waals surface area contributed by atoms with Crippen molar-refractivity contribution in [1.29, 1.82) is 5.26 Å². The number of fused-ring (bicyclic) bond motifs is 9. The molecule has 1 aliphatic carbocycles. The van der Waals surface area contributed by atoms with Crippen LogP contribution in [0, 0.1) is 17.2 Å². The van der Waals surface area contributed by atoms with Crippen molar-refractivity contribution in [2.45, 2.75) is 32.6 Å². The molecular formula is C75H63N3O. The zero-order valence-corrected chi connectivity index (χ0v) is 45.0. The Kier molecular flexibility index (Phi) is 15.6. The van der Waals surface area contributed by atoms with Crippen molar-refractivity contribution >= 4 is 60.7 Å². The molecule has 0 fully saturated rings. The lowest BCUT2D eigenvalue weighted by atomic mass is 9.96. The van der Waals surface area contributed by atoms with Gasteiger partial charge in [-0.05, 0) is 143 Å². The molecule has 0 saturated carbocycles. The van der Waals surface area contributed by atoms with Crippen LogP contribution in [0.25, 0.3) is 94.4 Å². The van der Waals surface area contributed by atoms with Crippen LogP contribution in [0.4, 0.5) is 0 Å². The molecule has 0 aliphatic heterocycles. The molecule has 0 saturated heterocycles. The predicted octanol–water partition coefficient (Wildman–Crippen LogP) is 20.4. The van der Waals surface area contributed by atoms with E-state index in [9.17, 15) is 5.26 Å². The highest BCUT2D eigenvalue weighted by Crippen LogP contribution is 2.41. The number of hydrogen-bond donors (Lipinski definition) is 0. The van der Waals surface area contributed by atoms with Gasteiger partial charge in [0.25, 0.3) is 0 Å². The second-order valence-electron chi connectivity index (χ2n) is 20.0. The molecule has 1 unspecified atom stereocenters. The summed E-state index contributed by atoms with van der Waals surface area (Å²) in [5.74, 6) is 0.358. The number of furan rings is 1. The lowest BCUT2D eigenvalue weighted by molar-refractivity contribution is 0.665. The fourth-order valence-corrected chi connectivity index (χ4v) is 10.6. The zero-order valence-electron chi connectivity index (χ0n) is 45.0. The van der Waals surface area contributed by atoms with Crippen molar-refractivity contribution in [3.63, 3.8) is 0 Å². The highest BCUT2D eigenvalue weighted by atomic mass is 16.3. The molecule has 1 aliphatic rings. The summed E-state index contributed by atoms with van der Waals surface area (Å²) in [4.78, 5) is 0. The Morgan fingerprint density at radius 1 is 0.608 bits per heavy atom. The number of allylic oxidation sites excluding steroid dienone is 10. The van der Waals surface area contributed by atoms with Crippen molar-refractivity contribution in [2.75, 3.05) is 0 Å². The fourth-order valence-electron chi connectivity index (χ4n) is 10.6. The molecule has 0 spiro atoms. The Balaban J connectivity index is 0.000000319. The van der Waals surface area contributed by atoms with Gasteiger partial charge < -0.3 is 13.6 Å². The number of hydrogen-bond acceptors (Lipinski definition) is 2. The maximum atomic E-state index is 10.00. The van der Waals surface area contributed by atoms with Crippen LogP contribution in [0.1, 0.15) is 47.7 Å². The number of para-hydroxylation sites is 2. The van der Waals surface area contributed by atoms with E-state index >= 15 is 0 Å². The van der Waals surface area contributed by atoms with Gasteiger partial charge in [0.15, 0.2) is 5.58 Å². The van der Waals surface area contributed by atoms with Crippen LogP contribution in [0.3, 0.4) is 0 Å². The van der Waals surface area contributed by atoms with E-state index in [-0.39, 0.29) is 0 Å². The third kappa shape index (κ3) is 10.9. The Morgan fingerprint density at radius 3 is 1.95 bits per heavy atom. The first-order valence-corrected chi connectivity index (χ1v) is 26.8. The molecule has 0 bridgehead atoms. The Labute approximate surface area is 464 Å². The van der Waals surface area contributed by atoms with Crippen LogP contribution in [0.15, 0.2) is 286 Å². The first-order chi connectivity index (χ1) is 38.6. The van der Waals surface area contributed by atoms with Gasteiger partial charge in [-0.25, -0.2) is 0 Å². The third-order valence-electron chi connectivity index (χ3n) is 14.8. The van der Waals surface area contributed by atoms with Crippen molar-refractivity contribution < 1.29 is 4.42 Å². The molecule has 79 heavy (non-hydrogen) atoms. The van der Waals surface area contributed by atoms with Gasteiger partial charge in [0.05, 0.1) is 33.9 Å². The van der Waals surface area contributed by atoms with E-state index in [2.05, 4.69) is 244 Å². The van der Waals surface area contributed by atoms with E-state index < -0.39 is 0 Å². The largest absolute Gasteiger partial charge is 0.454 e. The Hall–Kier alpha value is -9.95. The van der Waals surface area contributed by atoms with Gasteiger partial charge in [-0.1, -0.05) is 215 Å². The average molecular weight is 1020 g/mol. The van der Waals surface area contributed by atoms with Crippen molar-refractivity contribution in [3.05, 3.63) is 309 Å². The monoisotopic (exact) mass is 1020 g/mol. The summed E-state index contributed by atoms with van der Waals surface area (Å²) in [6.45, 7) is 27.8. The van der Waals surface area contributed by atoms with Gasteiger partial charge in [0, 0.05) is 38.3 Å². The number of nitriles is 1. The van der Waals surface area contributed by atoms with Gasteiger partial charge in [0.2, 0.25) is 0 Å². The summed E-state index contributed by atoms with van der Waals surface area (Å²) in [5.41, 5.74) is 20.8. The predicted molar refractivity (Wildman–Crippen MR) is 338 cm³/mol. The molecule has 1 atom stereocenters. The second kappa shape index (κ2) is 23.5. The SMILES string of the molecule is C=C/C=C\C(=C)C(C)C=C.C=CC(=C)CC(=C)C=C.N#Cc1ccc2c(c1)c1cc(-c3cccc(Cc4cccc(-c5ccccc5)c4)c3)ccc1n2-c1ccc2oc3c(-n4c5c(c6ccccc64)CCC=C5)cccc3c2c1. The molecule has 384 valence electrons. The Morgan fingerprint density at radius 2 is 1.24 bits per heavy atom. The van der Waals surface area contributed by atoms with E-state index in [0.717, 1.165) is 103 Å². The molecule has 3 aromatic heterocycles. The molecule has 0 N–H and O–H groups in total. The van der Waals surface area contributed by atoms with E-state index in [0.29, 0.717) is 11.5 Å². The van der Waals surface area contributed by atoms with Crippen molar-refractivity contribution in [2.24, 2.45) is 5.92 Å². The van der Waals surface area contributed by atoms with Crippen LogP contribution in [-0.4, -0.2) is 9.13 Å². The van der Waals surface area contributed by atoms with E-state index in [1.54, 1.807) is 18.2 Å². The van der Waals surface area contributed by atoms with Gasteiger partial charge in [-0.2, -0.15) is 5.26 Å². The molecule has 11 aromatic rings. The van der Waals surface area contributed by atoms with Gasteiger partial charge in [-0.15, -0.1) is 6.58 Å². The molecular weight excluding hydrogens is 959 g/mol. The molecule has 12 rings (SSSR count). The molecule has 0 radical (unpaired) electrons. The summed E-state index contributed by atoms with van der Waals surface area (Å²) >= 11 is 0. The van der Waals surface area contributed by atoms with E-state index in [1.165, 1.54) is 50.0 Å². The minimum absolute atomic E-state index is 0.358. The molecule has 4 heteroatoms. The molecule has 3 heterocycles. The molecule has 0 amide bonds. The fraction of sp³-hybridized carbons (Fsp3) is 0.0800. The second-order valence-corrected chi connectivity index (χ2v) is 20.0. The first-order valence-electron chi connectivity index (χ1n) is 26.8. The number of rotatable bonds is 14. The third-order valence-corrected chi connectivity index (χ3v) is 14.8. The van der Waals surface area contributed by atoms with Crippen LogP contribution in [0.5, 0.6) is 0 Å². The summed E-state index contributed by atoms with van der Waals surface area (Å²) in [7, 11) is 0. The summed E-state index contributed by atoms with van der Waals surface area (Å²) in [6.07, 6.45) is 19.2. The van der Waals surface area contributed by atoms with Crippen LogP contribution < -0.4 is 0 Å². The average Bonchev–Trinajstić information content (AvgIpc) is 4.30. The van der Waals surface area contributed by atoms with Crippen LogP contribution in [-0.2, 0) is 12.8 Å². The highest BCUT2D eigenvalue weighted by molar-refractivity contribution is 6.12. The number of benzene rings is 8. The lowest BCUT2D eigenvalue weighted by Crippen LogP contribution is -2.00. The van der Waals surface area contributed by atoms with Gasteiger partial charge in [0.1, 0.15) is 5.58 Å². The maximum absolute atomic E-state index is 10.00. The summed E-state index contributed by atoms with van der Waals surface area (Å²) in [6, 6.07) is 65.2. The van der Waals surface area contributed by atoms with E-state index in [1.807, 2.05) is 30.4 Å². The summed E-state index contributed by atoms with van der Waals surface area (Å²) < 4.78 is 11.5. The lowest BCUT2D eigenvalue weighted by Gasteiger charge is -2.12. The quantitative estimate of drug-likeness (QED) is 0.0805. The Bertz CT molecular complexity index is 4290. The van der Waals surface area contributed by atoms with Crippen molar-refractivity contribution in [3.8, 4) is 39.7 Å². The minimum atomic E-state index is 0.358. The topological polar surface area (TPSA) is 46.8 Å². The molecule has 8 aromatic carbocycles. The standard InChI is InChI=1S/C56H37N3O.C10H14.C9H12/c57-35-38-23-26-52-47(32-38)48-33-42(41-16-9-12-37(31-41)29-36-11-8-15-40(30-36)39-13-2-1-3-14-39)24-27-53(48)58(52)43-25-28-55-49(34-43)46-19-10-22-54(56(46)60-55)59-50-20-6-4-17-44(50)45-18-5-7-21-51(45)59;1-5-7-8-10(4)9(3)6-2;1-5-8(3)7-9(4)6-2/h1-4,6-17,19-28,30-34H,5,18,29H2;5-9H,1-2,4H2,3H3;5-6H,1-4,7H2/b;8-7-;. The zero-order chi connectivity index (χ0) is 55.0. The van der Waals surface area contributed by atoms with Crippen LogP contribution in [0.2, 0.25) is 0 Å². The minimum Gasteiger partial charge on any atom is -0.454 e. The van der Waals surface area contributed by atoms with Crippen LogP contribution >= 0.6 is 0 Å². The van der Waals surface area contributed by atoms with Crippen molar-refractivity contribution in [1.82, 2.24) is 9.13 Å². The smallest absolute Gasteiger partial charge is 0.159 e. The number of nitrogens with zero attached hydrogens (tertiary/aromatic N) is 3. The number of aromatic nitrogens is 2. The normalized spacial score (nSPS) is 12.1. The van der Waals surface area contributed by atoms with Gasteiger partial charge in [-0.3, -0.25) is 0 Å².